The molecule has 0 radical (unpaired) electrons. The van der Waals surface area contributed by atoms with Crippen LogP contribution in [0.25, 0.3) is 5.65 Å². The molecule has 1 aromatic carbocycles. The van der Waals surface area contributed by atoms with E-state index in [1.807, 2.05) is 36.4 Å². The molecule has 3 aromatic rings. The third-order valence-electron chi connectivity index (χ3n) is 4.38. The van der Waals surface area contributed by atoms with Crippen molar-refractivity contribution < 1.29 is 4.79 Å². The lowest BCUT2D eigenvalue weighted by molar-refractivity contribution is 0.102. The van der Waals surface area contributed by atoms with Crippen LogP contribution in [0.3, 0.4) is 0 Å². The Hall–Kier alpha value is -2.95. The lowest BCUT2D eigenvalue weighted by Crippen LogP contribution is -2.13. The molecule has 120 valence electrons. The van der Waals surface area contributed by atoms with Crippen LogP contribution < -0.4 is 5.32 Å². The minimum atomic E-state index is -0.244. The molecule has 24 heavy (non-hydrogen) atoms. The maximum atomic E-state index is 12.6. The van der Waals surface area contributed by atoms with Gasteiger partial charge in [-0.15, -0.1) is 0 Å². The zero-order chi connectivity index (χ0) is 16.8. The molecule has 0 fully saturated rings. The number of nitrogens with one attached hydrogen (secondary N) is 1. The van der Waals surface area contributed by atoms with Crippen LogP contribution in [0.15, 0.2) is 42.7 Å². The number of imidazole rings is 1. The van der Waals surface area contributed by atoms with E-state index < -0.39 is 0 Å². The highest BCUT2D eigenvalue weighted by molar-refractivity contribution is 6.06. The van der Waals surface area contributed by atoms with Crippen LogP contribution in [-0.2, 0) is 12.8 Å². The molecular weight excluding hydrogens is 300 g/mol. The van der Waals surface area contributed by atoms with Gasteiger partial charge in [-0.1, -0.05) is 18.2 Å². The van der Waals surface area contributed by atoms with Gasteiger partial charge in [0.2, 0.25) is 0 Å². The Morgan fingerprint density at radius 2 is 2.00 bits per heavy atom. The van der Waals surface area contributed by atoms with Gasteiger partial charge in [0.05, 0.1) is 0 Å². The number of fused-ring (bicyclic) bond motifs is 2. The van der Waals surface area contributed by atoms with E-state index in [1.165, 1.54) is 16.7 Å². The highest BCUT2D eigenvalue weighted by atomic mass is 16.1. The number of amides is 1. The summed E-state index contributed by atoms with van der Waals surface area (Å²) in [6.45, 7) is 7.92. The van der Waals surface area contributed by atoms with Gasteiger partial charge < -0.3 is 5.32 Å². The third kappa shape index (κ3) is 2.38. The van der Waals surface area contributed by atoms with E-state index in [9.17, 15) is 4.79 Å². The number of hydrogen-bond donors (Lipinski definition) is 1. The van der Waals surface area contributed by atoms with Crippen molar-refractivity contribution in [2.75, 3.05) is 5.32 Å². The number of benzene rings is 1. The molecule has 2 heterocycles. The molecule has 0 saturated heterocycles. The molecule has 5 nitrogen and oxygen atoms in total. The molecule has 4 rings (SSSR count). The van der Waals surface area contributed by atoms with E-state index in [0.29, 0.717) is 11.3 Å². The Morgan fingerprint density at radius 1 is 1.21 bits per heavy atom. The van der Waals surface area contributed by atoms with Crippen LogP contribution in [-0.4, -0.2) is 20.3 Å². The smallest absolute Gasteiger partial charge is 0.278 e. The van der Waals surface area contributed by atoms with Gasteiger partial charge in [0.15, 0.2) is 11.3 Å². The second-order valence-corrected chi connectivity index (χ2v) is 6.37. The van der Waals surface area contributed by atoms with Crippen molar-refractivity contribution in [2.24, 2.45) is 0 Å². The fraction of sp³-hybridized carbons (Fsp3) is 0.211. The number of carbonyl (C=O) groups is 1. The molecule has 1 amide bonds. The Morgan fingerprint density at radius 3 is 2.83 bits per heavy atom. The summed E-state index contributed by atoms with van der Waals surface area (Å²) in [5, 5.41) is 2.94. The topological polar surface area (TPSA) is 59.3 Å². The summed E-state index contributed by atoms with van der Waals surface area (Å²) in [7, 11) is 0. The van der Waals surface area contributed by atoms with Gasteiger partial charge in [0, 0.05) is 17.1 Å². The maximum Gasteiger partial charge on any atom is 0.278 e. The van der Waals surface area contributed by atoms with E-state index >= 15 is 0 Å². The summed E-state index contributed by atoms with van der Waals surface area (Å²) in [6, 6.07) is 7.97. The van der Waals surface area contributed by atoms with Crippen LogP contribution in [0.4, 0.5) is 5.69 Å². The number of rotatable bonds is 2. The largest absolute Gasteiger partial charge is 0.321 e. The average molecular weight is 318 g/mol. The second-order valence-electron chi connectivity index (χ2n) is 6.37. The average Bonchev–Trinajstić information content (AvgIpc) is 3.09. The zero-order valence-corrected chi connectivity index (χ0v) is 13.8. The monoisotopic (exact) mass is 318 g/mol. The van der Waals surface area contributed by atoms with Crippen LogP contribution >= 0.6 is 0 Å². The molecule has 0 spiro atoms. The zero-order valence-electron chi connectivity index (χ0n) is 13.8. The lowest BCUT2D eigenvalue weighted by atomic mass is 10.1. The molecular formula is C19H18N4O. The Bertz CT molecular complexity index is 1000. The Kier molecular flexibility index (Phi) is 3.23. The first-order valence-corrected chi connectivity index (χ1v) is 7.92. The fourth-order valence-electron chi connectivity index (χ4n) is 3.27. The number of hydrogen-bond acceptors (Lipinski definition) is 3. The maximum absolute atomic E-state index is 12.6. The van der Waals surface area contributed by atoms with Crippen molar-refractivity contribution in [3.05, 3.63) is 71.0 Å². The SMILES string of the molecule is C=C1Cc2ccc(NC(=O)c3ncn4c(C)cc(C)nc34)cc2C1. The number of anilines is 1. The van der Waals surface area contributed by atoms with Gasteiger partial charge in [0.1, 0.15) is 6.33 Å². The molecule has 0 atom stereocenters. The van der Waals surface area contributed by atoms with E-state index in [-0.39, 0.29) is 5.91 Å². The normalized spacial score (nSPS) is 13.3. The van der Waals surface area contributed by atoms with Gasteiger partial charge >= 0.3 is 0 Å². The van der Waals surface area contributed by atoms with E-state index in [4.69, 9.17) is 0 Å². The molecule has 0 aliphatic heterocycles. The molecule has 0 unspecified atom stereocenters. The Labute approximate surface area is 140 Å². The highest BCUT2D eigenvalue weighted by Crippen LogP contribution is 2.27. The summed E-state index contributed by atoms with van der Waals surface area (Å²) in [4.78, 5) is 21.3. The first-order chi connectivity index (χ1) is 11.5. The van der Waals surface area contributed by atoms with Crippen molar-refractivity contribution in [3.63, 3.8) is 0 Å². The molecule has 1 N–H and O–H groups in total. The lowest BCUT2D eigenvalue weighted by Gasteiger charge is -2.07. The van der Waals surface area contributed by atoms with Gasteiger partial charge in [0.25, 0.3) is 5.91 Å². The van der Waals surface area contributed by atoms with E-state index in [2.05, 4.69) is 27.9 Å². The molecule has 0 bridgehead atoms. The summed E-state index contributed by atoms with van der Waals surface area (Å²) in [5.74, 6) is -0.244. The van der Waals surface area contributed by atoms with Crippen molar-refractivity contribution in [1.82, 2.24) is 14.4 Å². The summed E-state index contributed by atoms with van der Waals surface area (Å²) in [5.41, 5.74) is 7.30. The number of carbonyl (C=O) groups excluding carboxylic acids is 1. The number of aromatic nitrogens is 3. The first-order valence-electron chi connectivity index (χ1n) is 7.92. The van der Waals surface area contributed by atoms with Crippen LogP contribution in [0, 0.1) is 13.8 Å². The number of allylic oxidation sites excluding steroid dienone is 1. The minimum Gasteiger partial charge on any atom is -0.321 e. The van der Waals surface area contributed by atoms with Gasteiger partial charge in [-0.05, 0) is 56.0 Å². The molecule has 0 saturated carbocycles. The van der Waals surface area contributed by atoms with E-state index in [0.717, 1.165) is 29.9 Å². The number of aryl methyl sites for hydroxylation is 2. The standard InChI is InChI=1S/C19H18N4O/c1-11-6-14-4-5-16(9-15(14)7-11)22-19(24)17-18-21-12(2)8-13(3)23(18)10-20-17/h4-5,8-10H,1,6-7H2,2-3H3,(H,22,24). The van der Waals surface area contributed by atoms with Crippen LogP contribution in [0.2, 0.25) is 0 Å². The van der Waals surface area contributed by atoms with E-state index in [1.54, 1.807) is 6.33 Å². The summed E-state index contributed by atoms with van der Waals surface area (Å²) in [6.07, 6.45) is 3.45. The second kappa shape index (κ2) is 5.30. The minimum absolute atomic E-state index is 0.244. The predicted octanol–water partition coefficient (Wildman–Crippen LogP) is 3.25. The van der Waals surface area contributed by atoms with Gasteiger partial charge in [-0.2, -0.15) is 0 Å². The highest BCUT2D eigenvalue weighted by Gasteiger charge is 2.18. The van der Waals surface area contributed by atoms with Crippen molar-refractivity contribution in [2.45, 2.75) is 26.7 Å². The van der Waals surface area contributed by atoms with Crippen molar-refractivity contribution in [3.8, 4) is 0 Å². The third-order valence-corrected chi connectivity index (χ3v) is 4.38. The van der Waals surface area contributed by atoms with Gasteiger partial charge in [-0.3, -0.25) is 9.20 Å². The van der Waals surface area contributed by atoms with Gasteiger partial charge in [-0.25, -0.2) is 9.97 Å². The van der Waals surface area contributed by atoms with Crippen LogP contribution in [0.1, 0.15) is 33.0 Å². The van der Waals surface area contributed by atoms with Crippen LogP contribution in [0.5, 0.6) is 0 Å². The molecule has 5 heteroatoms. The quantitative estimate of drug-likeness (QED) is 0.738. The molecule has 2 aromatic heterocycles. The molecule has 1 aliphatic carbocycles. The summed E-state index contributed by atoms with van der Waals surface area (Å²) < 4.78 is 1.83. The van der Waals surface area contributed by atoms with Crippen molar-refractivity contribution >= 4 is 17.2 Å². The van der Waals surface area contributed by atoms with Crippen molar-refractivity contribution in [1.29, 1.82) is 0 Å². The predicted molar refractivity (Wildman–Crippen MR) is 93.4 cm³/mol. The number of nitrogens with zero attached hydrogens (tertiary/aromatic N) is 3. The first kappa shape index (κ1) is 14.6. The molecule has 1 aliphatic rings. The fourth-order valence-corrected chi connectivity index (χ4v) is 3.27. The Balaban J connectivity index is 1.66. The summed E-state index contributed by atoms with van der Waals surface area (Å²) >= 11 is 0.